The second-order valence-electron chi connectivity index (χ2n) is 5.07. The first-order chi connectivity index (χ1) is 6.78. The molecule has 0 saturated heterocycles. The Balaban J connectivity index is 1.62. The standard InChI is InChI=1S/C10H13N3S/c1-5-11-9(14-13-5)12-10-4-6-2-7(10)8(10)3-6/h6-8H,2-4H2,1H3,(H,11,12,13). The molecule has 1 N–H and O–H groups in total. The Bertz CT molecular complexity index is 388. The van der Waals surface area contributed by atoms with Crippen LogP contribution in [-0.4, -0.2) is 14.9 Å². The van der Waals surface area contributed by atoms with Crippen molar-refractivity contribution in [3.05, 3.63) is 5.82 Å². The molecule has 0 aliphatic heterocycles. The maximum absolute atomic E-state index is 4.40. The number of hydrogen-bond acceptors (Lipinski definition) is 4. The maximum atomic E-state index is 4.40. The minimum absolute atomic E-state index is 0.469. The van der Waals surface area contributed by atoms with Gasteiger partial charge in [-0.15, -0.1) is 0 Å². The van der Waals surface area contributed by atoms with Crippen molar-refractivity contribution in [3.63, 3.8) is 0 Å². The average Bonchev–Trinajstić information content (AvgIpc) is 2.68. The van der Waals surface area contributed by atoms with Gasteiger partial charge in [-0.25, -0.2) is 4.98 Å². The molecule has 2 unspecified atom stereocenters. The van der Waals surface area contributed by atoms with Crippen molar-refractivity contribution in [2.45, 2.75) is 31.7 Å². The Morgan fingerprint density at radius 1 is 1.43 bits per heavy atom. The highest BCUT2D eigenvalue weighted by atomic mass is 32.1. The first-order valence-electron chi connectivity index (χ1n) is 5.36. The summed E-state index contributed by atoms with van der Waals surface area (Å²) in [6.45, 7) is 1.96. The zero-order valence-corrected chi connectivity index (χ0v) is 8.97. The fourth-order valence-electron chi connectivity index (χ4n) is 3.90. The van der Waals surface area contributed by atoms with Gasteiger partial charge in [0.1, 0.15) is 5.82 Å². The highest BCUT2D eigenvalue weighted by Gasteiger charge is 2.74. The molecule has 1 aromatic rings. The highest BCUT2D eigenvalue weighted by Crippen LogP contribution is 2.74. The largest absolute Gasteiger partial charge is 0.354 e. The molecule has 0 radical (unpaired) electrons. The summed E-state index contributed by atoms with van der Waals surface area (Å²) in [5.74, 6) is 3.86. The van der Waals surface area contributed by atoms with Crippen LogP contribution in [0.1, 0.15) is 25.1 Å². The van der Waals surface area contributed by atoms with E-state index in [1.54, 1.807) is 0 Å². The second-order valence-corrected chi connectivity index (χ2v) is 5.82. The Kier molecular flexibility index (Phi) is 1.16. The van der Waals surface area contributed by atoms with Crippen LogP contribution in [0.15, 0.2) is 0 Å². The average molecular weight is 207 g/mol. The molecule has 4 bridgehead atoms. The van der Waals surface area contributed by atoms with Gasteiger partial charge in [0, 0.05) is 17.1 Å². The van der Waals surface area contributed by atoms with Gasteiger partial charge in [-0.1, -0.05) is 0 Å². The molecular formula is C10H13N3S. The van der Waals surface area contributed by atoms with Crippen LogP contribution in [0.3, 0.4) is 0 Å². The summed E-state index contributed by atoms with van der Waals surface area (Å²) in [6, 6.07) is 0. The van der Waals surface area contributed by atoms with Crippen LogP contribution >= 0.6 is 11.5 Å². The summed E-state index contributed by atoms with van der Waals surface area (Å²) in [4.78, 5) is 4.40. The topological polar surface area (TPSA) is 37.8 Å². The summed E-state index contributed by atoms with van der Waals surface area (Å²) in [5.41, 5.74) is 0.469. The van der Waals surface area contributed by atoms with E-state index in [1.807, 2.05) is 6.92 Å². The Hall–Kier alpha value is -0.640. The molecule has 4 aliphatic carbocycles. The quantitative estimate of drug-likeness (QED) is 0.806. The Labute approximate surface area is 87.1 Å². The predicted molar refractivity (Wildman–Crippen MR) is 55.3 cm³/mol. The van der Waals surface area contributed by atoms with E-state index in [2.05, 4.69) is 14.7 Å². The van der Waals surface area contributed by atoms with E-state index in [0.717, 1.165) is 28.7 Å². The van der Waals surface area contributed by atoms with Crippen molar-refractivity contribution in [2.75, 3.05) is 5.32 Å². The van der Waals surface area contributed by atoms with Gasteiger partial charge >= 0.3 is 0 Å². The molecule has 74 valence electrons. The third kappa shape index (κ3) is 0.749. The first-order valence-corrected chi connectivity index (χ1v) is 6.14. The smallest absolute Gasteiger partial charge is 0.203 e. The normalized spacial score (nSPS) is 47.1. The lowest BCUT2D eigenvalue weighted by Crippen LogP contribution is -2.21. The van der Waals surface area contributed by atoms with Gasteiger partial charge < -0.3 is 5.32 Å². The monoisotopic (exact) mass is 207 g/mol. The molecule has 14 heavy (non-hydrogen) atoms. The van der Waals surface area contributed by atoms with Crippen LogP contribution in [0.25, 0.3) is 0 Å². The number of anilines is 1. The lowest BCUT2D eigenvalue weighted by atomic mass is 10.1. The molecule has 4 fully saturated rings. The van der Waals surface area contributed by atoms with Crippen molar-refractivity contribution in [1.29, 1.82) is 0 Å². The number of aromatic nitrogens is 2. The van der Waals surface area contributed by atoms with Crippen molar-refractivity contribution in [1.82, 2.24) is 9.36 Å². The molecule has 1 heterocycles. The molecule has 0 amide bonds. The van der Waals surface area contributed by atoms with Crippen LogP contribution in [-0.2, 0) is 0 Å². The molecule has 0 aromatic carbocycles. The van der Waals surface area contributed by atoms with E-state index in [-0.39, 0.29) is 0 Å². The third-order valence-electron chi connectivity index (χ3n) is 4.37. The number of nitrogens with one attached hydrogen (secondary N) is 1. The molecule has 1 aromatic heterocycles. The molecule has 4 saturated carbocycles. The van der Waals surface area contributed by atoms with Gasteiger partial charge in [0.15, 0.2) is 0 Å². The molecular weight excluding hydrogens is 194 g/mol. The minimum atomic E-state index is 0.469. The summed E-state index contributed by atoms with van der Waals surface area (Å²) in [6.07, 6.45) is 4.33. The Morgan fingerprint density at radius 3 is 2.71 bits per heavy atom. The van der Waals surface area contributed by atoms with Crippen LogP contribution in [0.2, 0.25) is 0 Å². The van der Waals surface area contributed by atoms with Crippen molar-refractivity contribution in [2.24, 2.45) is 17.8 Å². The van der Waals surface area contributed by atoms with Gasteiger partial charge in [-0.05, 0) is 43.9 Å². The fraction of sp³-hybridized carbons (Fsp3) is 0.800. The zero-order chi connectivity index (χ0) is 9.34. The lowest BCUT2D eigenvalue weighted by molar-refractivity contribution is 0.600. The molecule has 2 atom stereocenters. The van der Waals surface area contributed by atoms with Gasteiger partial charge in [-0.3, -0.25) is 0 Å². The van der Waals surface area contributed by atoms with E-state index in [0.29, 0.717) is 5.54 Å². The number of aryl methyl sites for hydroxylation is 1. The Morgan fingerprint density at radius 2 is 2.21 bits per heavy atom. The van der Waals surface area contributed by atoms with Gasteiger partial charge in [-0.2, -0.15) is 4.37 Å². The first kappa shape index (κ1) is 7.63. The van der Waals surface area contributed by atoms with Crippen LogP contribution < -0.4 is 5.32 Å². The summed E-state index contributed by atoms with van der Waals surface area (Å²) < 4.78 is 4.22. The van der Waals surface area contributed by atoms with E-state index in [4.69, 9.17) is 0 Å². The predicted octanol–water partition coefficient (Wildman–Crippen LogP) is 2.06. The highest BCUT2D eigenvalue weighted by molar-refractivity contribution is 7.09. The number of nitrogens with zero attached hydrogens (tertiary/aromatic N) is 2. The van der Waals surface area contributed by atoms with E-state index in [1.165, 1.54) is 30.8 Å². The van der Waals surface area contributed by atoms with E-state index >= 15 is 0 Å². The van der Waals surface area contributed by atoms with E-state index in [9.17, 15) is 0 Å². The maximum Gasteiger partial charge on any atom is 0.203 e. The van der Waals surface area contributed by atoms with Crippen molar-refractivity contribution >= 4 is 16.7 Å². The molecule has 4 aliphatic rings. The van der Waals surface area contributed by atoms with Gasteiger partial charge in [0.2, 0.25) is 5.13 Å². The van der Waals surface area contributed by atoms with E-state index < -0.39 is 0 Å². The summed E-state index contributed by atoms with van der Waals surface area (Å²) in [7, 11) is 0. The lowest BCUT2D eigenvalue weighted by Gasteiger charge is -2.11. The van der Waals surface area contributed by atoms with Gasteiger partial charge in [0.05, 0.1) is 0 Å². The molecule has 5 rings (SSSR count). The summed E-state index contributed by atoms with van der Waals surface area (Å²) >= 11 is 1.51. The van der Waals surface area contributed by atoms with Crippen LogP contribution in [0.4, 0.5) is 5.13 Å². The van der Waals surface area contributed by atoms with Crippen LogP contribution in [0, 0.1) is 24.7 Å². The third-order valence-corrected chi connectivity index (χ3v) is 5.09. The molecule has 0 spiro atoms. The summed E-state index contributed by atoms with van der Waals surface area (Å²) in [5, 5.41) is 4.69. The number of rotatable bonds is 2. The van der Waals surface area contributed by atoms with Crippen molar-refractivity contribution < 1.29 is 0 Å². The molecule has 3 nitrogen and oxygen atoms in total. The van der Waals surface area contributed by atoms with Crippen molar-refractivity contribution in [3.8, 4) is 0 Å². The fourth-order valence-corrected chi connectivity index (χ4v) is 4.57. The molecule has 4 heteroatoms. The van der Waals surface area contributed by atoms with Gasteiger partial charge in [0.25, 0.3) is 0 Å². The zero-order valence-electron chi connectivity index (χ0n) is 8.16. The van der Waals surface area contributed by atoms with Crippen LogP contribution in [0.5, 0.6) is 0 Å². The minimum Gasteiger partial charge on any atom is -0.354 e. The second kappa shape index (κ2) is 2.13. The SMILES string of the molecule is Cc1nsc(NC23CC4CC2C3C4)n1. The number of hydrogen-bond donors (Lipinski definition) is 1.